The van der Waals surface area contributed by atoms with E-state index in [2.05, 4.69) is 10.0 Å². The van der Waals surface area contributed by atoms with Gasteiger partial charge in [-0.3, -0.25) is 0 Å². The molecule has 2 N–H and O–H groups in total. The van der Waals surface area contributed by atoms with Gasteiger partial charge in [0.05, 0.1) is 5.75 Å². The summed E-state index contributed by atoms with van der Waals surface area (Å²) in [7, 11) is -3.21. The number of hydrogen-bond donors (Lipinski definition) is 2. The summed E-state index contributed by atoms with van der Waals surface area (Å²) in [6.07, 6.45) is 0.605. The van der Waals surface area contributed by atoms with Crippen molar-refractivity contribution in [2.45, 2.75) is 32.9 Å². The van der Waals surface area contributed by atoms with E-state index in [1.165, 1.54) is 0 Å². The fourth-order valence-electron chi connectivity index (χ4n) is 1.52. The minimum absolute atomic E-state index is 0.139. The molecule has 0 aliphatic rings. The summed E-state index contributed by atoms with van der Waals surface area (Å²) in [6.45, 7) is 5.08. The minimum Gasteiger partial charge on any atom is -0.314 e. The van der Waals surface area contributed by atoms with E-state index in [9.17, 15) is 8.42 Å². The molecule has 0 bridgehead atoms. The van der Waals surface area contributed by atoms with Crippen LogP contribution in [0.5, 0.6) is 0 Å². The lowest BCUT2D eigenvalue weighted by Crippen LogP contribution is -2.29. The van der Waals surface area contributed by atoms with E-state index in [0.29, 0.717) is 30.6 Å². The summed E-state index contributed by atoms with van der Waals surface area (Å²) in [5.74, 6) is 0.139. The van der Waals surface area contributed by atoms with Gasteiger partial charge >= 0.3 is 0 Å². The summed E-state index contributed by atoms with van der Waals surface area (Å²) in [5, 5.41) is 3.84. The lowest BCUT2D eigenvalue weighted by Gasteiger charge is -2.09. The van der Waals surface area contributed by atoms with Crippen LogP contribution in [0, 0.1) is 0 Å². The SMILES string of the molecule is CC(C)NCCCS(=O)(=O)NCc1ccc(Cl)cc1. The second-order valence-electron chi connectivity index (χ2n) is 4.73. The maximum atomic E-state index is 11.8. The fourth-order valence-corrected chi connectivity index (χ4v) is 2.70. The standard InChI is InChI=1S/C13H21ClN2O2S/c1-11(2)15-8-3-9-19(17,18)16-10-12-4-6-13(14)7-5-12/h4-7,11,15-16H,3,8-10H2,1-2H3. The average molecular weight is 305 g/mol. The molecule has 0 saturated carbocycles. The third kappa shape index (κ3) is 7.52. The first-order valence-corrected chi connectivity index (χ1v) is 8.37. The number of nitrogens with one attached hydrogen (secondary N) is 2. The second kappa shape index (κ2) is 7.85. The normalized spacial score (nSPS) is 12.0. The molecule has 0 saturated heterocycles. The second-order valence-corrected chi connectivity index (χ2v) is 7.09. The highest BCUT2D eigenvalue weighted by Gasteiger charge is 2.09. The van der Waals surface area contributed by atoms with Gasteiger partial charge in [-0.25, -0.2) is 13.1 Å². The number of hydrogen-bond acceptors (Lipinski definition) is 3. The maximum absolute atomic E-state index is 11.8. The number of halogens is 1. The van der Waals surface area contributed by atoms with E-state index in [4.69, 9.17) is 11.6 Å². The molecular formula is C13H21ClN2O2S. The van der Waals surface area contributed by atoms with Crippen molar-refractivity contribution in [3.05, 3.63) is 34.9 Å². The molecule has 0 aromatic heterocycles. The Hall–Kier alpha value is -0.620. The molecule has 0 heterocycles. The Morgan fingerprint density at radius 2 is 1.84 bits per heavy atom. The van der Waals surface area contributed by atoms with E-state index in [1.807, 2.05) is 26.0 Å². The van der Waals surface area contributed by atoms with Crippen molar-refractivity contribution in [2.75, 3.05) is 12.3 Å². The van der Waals surface area contributed by atoms with E-state index >= 15 is 0 Å². The molecule has 0 radical (unpaired) electrons. The average Bonchev–Trinajstić information content (AvgIpc) is 2.34. The molecule has 0 amide bonds. The smallest absolute Gasteiger partial charge is 0.211 e. The summed E-state index contributed by atoms with van der Waals surface area (Å²) in [4.78, 5) is 0. The highest BCUT2D eigenvalue weighted by atomic mass is 35.5. The monoisotopic (exact) mass is 304 g/mol. The molecule has 1 aromatic carbocycles. The topological polar surface area (TPSA) is 58.2 Å². The predicted octanol–water partition coefficient (Wildman–Crippen LogP) is 2.15. The van der Waals surface area contributed by atoms with Crippen LogP contribution >= 0.6 is 11.6 Å². The number of rotatable bonds is 8. The van der Waals surface area contributed by atoms with Crippen molar-refractivity contribution in [1.82, 2.24) is 10.0 Å². The van der Waals surface area contributed by atoms with Crippen LogP contribution in [0.15, 0.2) is 24.3 Å². The molecule has 0 aliphatic heterocycles. The number of sulfonamides is 1. The Balaban J connectivity index is 2.32. The highest BCUT2D eigenvalue weighted by molar-refractivity contribution is 7.89. The van der Waals surface area contributed by atoms with E-state index in [-0.39, 0.29) is 5.75 Å². The molecule has 4 nitrogen and oxygen atoms in total. The molecule has 0 spiro atoms. The predicted molar refractivity (Wildman–Crippen MR) is 79.8 cm³/mol. The zero-order valence-corrected chi connectivity index (χ0v) is 12.9. The van der Waals surface area contributed by atoms with Gasteiger partial charge in [0.25, 0.3) is 0 Å². The third-order valence-corrected chi connectivity index (χ3v) is 4.21. The largest absolute Gasteiger partial charge is 0.314 e. The van der Waals surface area contributed by atoms with Gasteiger partial charge in [-0.2, -0.15) is 0 Å². The summed E-state index contributed by atoms with van der Waals surface area (Å²) in [5.41, 5.74) is 0.897. The Morgan fingerprint density at radius 1 is 1.21 bits per heavy atom. The van der Waals surface area contributed by atoms with Crippen LogP contribution in [-0.2, 0) is 16.6 Å². The van der Waals surface area contributed by atoms with Gasteiger partial charge in [0.2, 0.25) is 10.0 Å². The molecule has 0 atom stereocenters. The van der Waals surface area contributed by atoms with Gasteiger partial charge in [-0.05, 0) is 30.7 Å². The van der Waals surface area contributed by atoms with E-state index in [1.54, 1.807) is 12.1 Å². The van der Waals surface area contributed by atoms with Gasteiger partial charge in [-0.1, -0.05) is 37.6 Å². The van der Waals surface area contributed by atoms with Crippen LogP contribution in [-0.4, -0.2) is 26.8 Å². The molecule has 108 valence electrons. The van der Waals surface area contributed by atoms with Gasteiger partial charge < -0.3 is 5.32 Å². The van der Waals surface area contributed by atoms with Crippen molar-refractivity contribution in [3.8, 4) is 0 Å². The maximum Gasteiger partial charge on any atom is 0.211 e. The van der Waals surface area contributed by atoms with Crippen LogP contribution in [0.3, 0.4) is 0 Å². The van der Waals surface area contributed by atoms with Crippen LogP contribution < -0.4 is 10.0 Å². The molecule has 0 unspecified atom stereocenters. The zero-order valence-electron chi connectivity index (χ0n) is 11.3. The molecule has 6 heteroatoms. The Morgan fingerprint density at radius 3 is 2.42 bits per heavy atom. The minimum atomic E-state index is -3.21. The first-order chi connectivity index (χ1) is 8.89. The first kappa shape index (κ1) is 16.4. The van der Waals surface area contributed by atoms with Crippen molar-refractivity contribution in [3.63, 3.8) is 0 Å². The molecule has 0 aliphatic carbocycles. The quantitative estimate of drug-likeness (QED) is 0.724. The Labute approximate surface area is 120 Å². The highest BCUT2D eigenvalue weighted by Crippen LogP contribution is 2.09. The van der Waals surface area contributed by atoms with Crippen LogP contribution in [0.2, 0.25) is 5.02 Å². The first-order valence-electron chi connectivity index (χ1n) is 6.34. The summed E-state index contributed by atoms with van der Waals surface area (Å²) >= 11 is 5.77. The zero-order chi connectivity index (χ0) is 14.3. The summed E-state index contributed by atoms with van der Waals surface area (Å²) in [6, 6.07) is 7.50. The third-order valence-electron chi connectivity index (χ3n) is 2.55. The van der Waals surface area contributed by atoms with Crippen LogP contribution in [0.4, 0.5) is 0 Å². The van der Waals surface area contributed by atoms with Crippen molar-refractivity contribution in [1.29, 1.82) is 0 Å². The molecule has 0 fully saturated rings. The Bertz CT molecular complexity index is 472. The van der Waals surface area contributed by atoms with Gasteiger partial charge in [0, 0.05) is 17.6 Å². The molecule has 1 aromatic rings. The van der Waals surface area contributed by atoms with Crippen molar-refractivity contribution < 1.29 is 8.42 Å². The van der Waals surface area contributed by atoms with Gasteiger partial charge in [0.1, 0.15) is 0 Å². The lowest BCUT2D eigenvalue weighted by molar-refractivity contribution is 0.561. The van der Waals surface area contributed by atoms with E-state index in [0.717, 1.165) is 5.56 Å². The van der Waals surface area contributed by atoms with Gasteiger partial charge in [-0.15, -0.1) is 0 Å². The molecule has 19 heavy (non-hydrogen) atoms. The Kier molecular flexibility index (Phi) is 6.79. The fraction of sp³-hybridized carbons (Fsp3) is 0.538. The van der Waals surface area contributed by atoms with Crippen molar-refractivity contribution in [2.24, 2.45) is 0 Å². The molecule has 1 rings (SSSR count). The van der Waals surface area contributed by atoms with Gasteiger partial charge in [0.15, 0.2) is 0 Å². The van der Waals surface area contributed by atoms with Crippen LogP contribution in [0.1, 0.15) is 25.8 Å². The van der Waals surface area contributed by atoms with Crippen molar-refractivity contribution >= 4 is 21.6 Å². The van der Waals surface area contributed by atoms with Crippen LogP contribution in [0.25, 0.3) is 0 Å². The molecular weight excluding hydrogens is 284 g/mol. The summed E-state index contributed by atoms with van der Waals surface area (Å²) < 4.78 is 26.1. The lowest BCUT2D eigenvalue weighted by atomic mass is 10.2. The number of benzene rings is 1. The van der Waals surface area contributed by atoms with E-state index < -0.39 is 10.0 Å².